The lowest BCUT2D eigenvalue weighted by Gasteiger charge is -2.15. The fourth-order valence-electron chi connectivity index (χ4n) is 3.37. The molecule has 3 rings (SSSR count). The molecule has 0 fully saturated rings. The van der Waals surface area contributed by atoms with Gasteiger partial charge in [0.2, 0.25) is 10.0 Å². The van der Waals surface area contributed by atoms with Crippen molar-refractivity contribution in [1.29, 1.82) is 0 Å². The molecule has 0 radical (unpaired) electrons. The van der Waals surface area contributed by atoms with Crippen molar-refractivity contribution in [3.05, 3.63) is 94.8 Å². The second-order valence-electron chi connectivity index (χ2n) is 8.36. The highest BCUT2D eigenvalue weighted by Crippen LogP contribution is 2.27. The van der Waals surface area contributed by atoms with E-state index in [2.05, 4.69) is 23.9 Å². The van der Waals surface area contributed by atoms with Crippen molar-refractivity contribution >= 4 is 15.9 Å². The maximum atomic E-state index is 13.3. The molecule has 34 heavy (non-hydrogen) atoms. The Morgan fingerprint density at radius 3 is 2.38 bits per heavy atom. The van der Waals surface area contributed by atoms with Gasteiger partial charge in [-0.3, -0.25) is 4.79 Å². The number of ether oxygens (including phenoxy) is 1. The van der Waals surface area contributed by atoms with Gasteiger partial charge in [0.15, 0.2) is 6.61 Å². The van der Waals surface area contributed by atoms with E-state index >= 15 is 0 Å². The summed E-state index contributed by atoms with van der Waals surface area (Å²) in [5.41, 5.74) is 3.22. The van der Waals surface area contributed by atoms with Crippen LogP contribution in [0.4, 0.5) is 4.39 Å². The van der Waals surface area contributed by atoms with Crippen LogP contribution in [0.25, 0.3) is 0 Å². The maximum absolute atomic E-state index is 13.3. The van der Waals surface area contributed by atoms with Crippen LogP contribution in [0.5, 0.6) is 5.75 Å². The number of carbonyl (C=O) groups excluding carboxylic acids is 1. The molecular formula is C26H29FN2O4S. The van der Waals surface area contributed by atoms with Gasteiger partial charge in [0.1, 0.15) is 11.6 Å². The van der Waals surface area contributed by atoms with Gasteiger partial charge in [0, 0.05) is 13.1 Å². The fraction of sp³-hybridized carbons (Fsp3) is 0.269. The minimum atomic E-state index is -3.81. The first-order chi connectivity index (χ1) is 16.1. The summed E-state index contributed by atoms with van der Waals surface area (Å²) in [5.74, 6) is 0.204. The number of amides is 1. The van der Waals surface area contributed by atoms with Gasteiger partial charge in [0.25, 0.3) is 5.91 Å². The van der Waals surface area contributed by atoms with E-state index in [9.17, 15) is 17.6 Å². The molecule has 2 N–H and O–H groups in total. The predicted molar refractivity (Wildman–Crippen MR) is 129 cm³/mol. The lowest BCUT2D eigenvalue weighted by molar-refractivity contribution is -0.123. The van der Waals surface area contributed by atoms with Crippen LogP contribution >= 0.6 is 0 Å². The van der Waals surface area contributed by atoms with Crippen LogP contribution in [0.2, 0.25) is 0 Å². The molecule has 0 atom stereocenters. The van der Waals surface area contributed by atoms with Gasteiger partial charge in [-0.1, -0.05) is 50.2 Å². The highest BCUT2D eigenvalue weighted by molar-refractivity contribution is 7.89. The van der Waals surface area contributed by atoms with Gasteiger partial charge in [0.05, 0.1) is 4.90 Å². The standard InChI is InChI=1S/C26H29FN2O4S/c1-18(2)24-11-10-19(3)12-25(24)33-17-26(30)28-15-21-7-5-9-23(14-21)34(31,32)29-16-20-6-4-8-22(27)13-20/h4-14,18,29H,15-17H2,1-3H3,(H,28,30). The van der Waals surface area contributed by atoms with Crippen molar-refractivity contribution in [2.24, 2.45) is 0 Å². The molecule has 0 spiro atoms. The van der Waals surface area contributed by atoms with Gasteiger partial charge in [-0.2, -0.15) is 0 Å². The van der Waals surface area contributed by atoms with E-state index in [1.807, 2.05) is 25.1 Å². The van der Waals surface area contributed by atoms with Crippen LogP contribution in [-0.2, 0) is 27.9 Å². The Labute approximate surface area is 200 Å². The quantitative estimate of drug-likeness (QED) is 0.446. The molecule has 180 valence electrons. The van der Waals surface area contributed by atoms with Crippen molar-refractivity contribution in [2.75, 3.05) is 6.61 Å². The van der Waals surface area contributed by atoms with E-state index in [0.29, 0.717) is 16.9 Å². The normalized spacial score (nSPS) is 11.4. The number of sulfonamides is 1. The highest BCUT2D eigenvalue weighted by Gasteiger charge is 2.15. The largest absolute Gasteiger partial charge is 0.483 e. The molecular weight excluding hydrogens is 455 g/mol. The Bertz CT molecular complexity index is 1260. The van der Waals surface area contributed by atoms with Gasteiger partial charge in [-0.15, -0.1) is 0 Å². The minimum Gasteiger partial charge on any atom is -0.483 e. The molecule has 0 saturated carbocycles. The highest BCUT2D eigenvalue weighted by atomic mass is 32.2. The number of rotatable bonds is 10. The van der Waals surface area contributed by atoms with Crippen molar-refractivity contribution in [3.63, 3.8) is 0 Å². The summed E-state index contributed by atoms with van der Waals surface area (Å²) in [6, 6.07) is 17.9. The number of nitrogens with one attached hydrogen (secondary N) is 2. The Kier molecular flexibility index (Phi) is 8.41. The lowest BCUT2D eigenvalue weighted by Crippen LogP contribution is -2.29. The molecule has 1 amide bonds. The molecule has 0 aliphatic carbocycles. The number of hydrogen-bond donors (Lipinski definition) is 2. The molecule has 0 saturated heterocycles. The van der Waals surface area contributed by atoms with Crippen LogP contribution < -0.4 is 14.8 Å². The molecule has 0 heterocycles. The van der Waals surface area contributed by atoms with Gasteiger partial charge >= 0.3 is 0 Å². The van der Waals surface area contributed by atoms with Crippen LogP contribution in [-0.4, -0.2) is 20.9 Å². The van der Waals surface area contributed by atoms with Crippen molar-refractivity contribution in [3.8, 4) is 5.75 Å². The number of carbonyl (C=O) groups is 1. The number of benzene rings is 3. The maximum Gasteiger partial charge on any atom is 0.258 e. The summed E-state index contributed by atoms with van der Waals surface area (Å²) in [6.45, 7) is 6.06. The monoisotopic (exact) mass is 484 g/mol. The number of halogens is 1. The van der Waals surface area contributed by atoms with Crippen LogP contribution in [0.3, 0.4) is 0 Å². The third-order valence-electron chi connectivity index (χ3n) is 5.20. The third-order valence-corrected chi connectivity index (χ3v) is 6.60. The van der Waals surface area contributed by atoms with E-state index in [4.69, 9.17) is 4.74 Å². The molecule has 0 bridgehead atoms. The number of hydrogen-bond acceptors (Lipinski definition) is 4. The van der Waals surface area contributed by atoms with Crippen LogP contribution in [0.1, 0.15) is 42.0 Å². The van der Waals surface area contributed by atoms with E-state index in [1.165, 1.54) is 30.3 Å². The fourth-order valence-corrected chi connectivity index (χ4v) is 4.46. The van der Waals surface area contributed by atoms with Crippen molar-refractivity contribution in [2.45, 2.75) is 44.7 Å². The molecule has 3 aromatic rings. The van der Waals surface area contributed by atoms with Crippen molar-refractivity contribution in [1.82, 2.24) is 10.0 Å². The van der Waals surface area contributed by atoms with E-state index in [1.54, 1.807) is 18.2 Å². The topological polar surface area (TPSA) is 84.5 Å². The van der Waals surface area contributed by atoms with Crippen molar-refractivity contribution < 1.29 is 22.3 Å². The first-order valence-electron chi connectivity index (χ1n) is 11.0. The Morgan fingerprint density at radius 2 is 1.68 bits per heavy atom. The van der Waals surface area contributed by atoms with E-state index < -0.39 is 15.8 Å². The summed E-state index contributed by atoms with van der Waals surface area (Å²) in [7, 11) is -3.81. The average Bonchev–Trinajstić information content (AvgIpc) is 2.80. The molecule has 8 heteroatoms. The second kappa shape index (κ2) is 11.3. The first-order valence-corrected chi connectivity index (χ1v) is 12.5. The zero-order valence-corrected chi connectivity index (χ0v) is 20.3. The van der Waals surface area contributed by atoms with E-state index in [0.717, 1.165) is 11.1 Å². The summed E-state index contributed by atoms with van der Waals surface area (Å²) >= 11 is 0. The Balaban J connectivity index is 1.57. The van der Waals surface area contributed by atoms with Crippen LogP contribution in [0, 0.1) is 12.7 Å². The minimum absolute atomic E-state index is 0.0320. The lowest BCUT2D eigenvalue weighted by atomic mass is 10.0. The zero-order valence-electron chi connectivity index (χ0n) is 19.5. The summed E-state index contributed by atoms with van der Waals surface area (Å²) < 4.78 is 46.8. The number of aryl methyl sites for hydroxylation is 1. The Morgan fingerprint density at radius 1 is 0.971 bits per heavy atom. The molecule has 0 aliphatic heterocycles. The summed E-state index contributed by atoms with van der Waals surface area (Å²) in [5, 5.41) is 2.75. The van der Waals surface area contributed by atoms with Crippen LogP contribution in [0.15, 0.2) is 71.6 Å². The molecule has 6 nitrogen and oxygen atoms in total. The molecule has 0 unspecified atom stereocenters. The Hall–Kier alpha value is -3.23. The van der Waals surface area contributed by atoms with E-state index in [-0.39, 0.29) is 36.4 Å². The van der Waals surface area contributed by atoms with Gasteiger partial charge < -0.3 is 10.1 Å². The van der Waals surface area contributed by atoms with Gasteiger partial charge in [-0.05, 0) is 65.4 Å². The predicted octanol–water partition coefficient (Wildman–Crippen LogP) is 4.43. The zero-order chi connectivity index (χ0) is 24.7. The molecule has 0 aromatic heterocycles. The second-order valence-corrected chi connectivity index (χ2v) is 10.1. The summed E-state index contributed by atoms with van der Waals surface area (Å²) in [4.78, 5) is 12.4. The SMILES string of the molecule is Cc1ccc(C(C)C)c(OCC(=O)NCc2cccc(S(=O)(=O)NCc3cccc(F)c3)c2)c1. The average molecular weight is 485 g/mol. The first kappa shape index (κ1) is 25.4. The summed E-state index contributed by atoms with van der Waals surface area (Å²) in [6.07, 6.45) is 0. The molecule has 0 aliphatic rings. The third kappa shape index (κ3) is 7.13. The molecule has 3 aromatic carbocycles. The smallest absolute Gasteiger partial charge is 0.258 e. The van der Waals surface area contributed by atoms with Gasteiger partial charge in [-0.25, -0.2) is 17.5 Å².